The Balaban J connectivity index is 2.15. The topological polar surface area (TPSA) is 75.6 Å². The van der Waals surface area contributed by atoms with Crippen molar-refractivity contribution >= 4 is 28.4 Å². The van der Waals surface area contributed by atoms with Crippen molar-refractivity contribution in [3.8, 4) is 5.75 Å². The van der Waals surface area contributed by atoms with Gasteiger partial charge in [0, 0.05) is 6.07 Å². The lowest BCUT2D eigenvalue weighted by Gasteiger charge is -2.10. The number of rotatable bonds is 5. The third kappa shape index (κ3) is 2.70. The lowest BCUT2D eigenvalue weighted by Crippen LogP contribution is -2.39. The van der Waals surface area contributed by atoms with E-state index in [9.17, 15) is 9.90 Å². The molecule has 3 aromatic rings. The molecule has 2 heterocycles. The maximum Gasteiger partial charge on any atom is 0.376 e. The van der Waals surface area contributed by atoms with E-state index in [-0.39, 0.29) is 5.69 Å². The minimum atomic E-state index is -1.02. The van der Waals surface area contributed by atoms with Crippen LogP contribution in [0.15, 0.2) is 47.1 Å². The van der Waals surface area contributed by atoms with Crippen LogP contribution in [0.3, 0.4) is 0 Å². The second kappa shape index (κ2) is 6.00. The van der Waals surface area contributed by atoms with Crippen molar-refractivity contribution in [1.29, 1.82) is 0 Å². The van der Waals surface area contributed by atoms with Gasteiger partial charge in [0.2, 0.25) is 5.69 Å². The number of carboxylic acids is 1. The van der Waals surface area contributed by atoms with E-state index in [0.717, 1.165) is 11.1 Å². The monoisotopic (exact) mass is 313 g/mol. The fourth-order valence-corrected chi connectivity index (χ4v) is 2.49. The predicted octanol–water partition coefficient (Wildman–Crippen LogP) is 3.10. The molecule has 0 spiro atoms. The number of ether oxygens (including phenoxy) is 1. The van der Waals surface area contributed by atoms with Crippen LogP contribution in [0, 0.1) is 0 Å². The van der Waals surface area contributed by atoms with Gasteiger partial charge in [-0.05, 0) is 25.1 Å². The zero-order valence-corrected chi connectivity index (χ0v) is 12.9. The van der Waals surface area contributed by atoms with Crippen molar-refractivity contribution in [2.45, 2.75) is 6.92 Å². The van der Waals surface area contributed by atoms with Crippen LogP contribution in [0.4, 0.5) is 11.5 Å². The standard InChI is InChI=1S/C17H16N2O4/c1-3-22-14-7-5-4-6-12(14)18-16-11-8-9-23-15(11)10-13(17(20)21)19(16)2/h4-10H,3H2,1-2H3,(H,20,21)/p+1. The highest BCUT2D eigenvalue weighted by molar-refractivity contribution is 5.94. The number of pyridine rings is 1. The Morgan fingerprint density at radius 2 is 2.13 bits per heavy atom. The van der Waals surface area contributed by atoms with E-state index in [1.165, 1.54) is 12.3 Å². The van der Waals surface area contributed by atoms with Gasteiger partial charge in [-0.1, -0.05) is 12.1 Å². The van der Waals surface area contributed by atoms with Gasteiger partial charge < -0.3 is 14.3 Å². The van der Waals surface area contributed by atoms with Crippen LogP contribution < -0.4 is 14.6 Å². The average molecular weight is 313 g/mol. The molecule has 0 aliphatic carbocycles. The Morgan fingerprint density at radius 1 is 1.35 bits per heavy atom. The maximum atomic E-state index is 11.4. The number of benzene rings is 1. The lowest BCUT2D eigenvalue weighted by atomic mass is 10.2. The van der Waals surface area contributed by atoms with Gasteiger partial charge in [-0.2, -0.15) is 0 Å². The molecule has 0 unspecified atom stereocenters. The van der Waals surface area contributed by atoms with E-state index in [1.807, 2.05) is 31.2 Å². The molecule has 1 aromatic carbocycles. The number of hydrogen-bond donors (Lipinski definition) is 2. The van der Waals surface area contributed by atoms with Crippen LogP contribution in [0.5, 0.6) is 5.75 Å². The number of hydrogen-bond acceptors (Lipinski definition) is 4. The molecule has 0 bridgehead atoms. The number of furan rings is 1. The summed E-state index contributed by atoms with van der Waals surface area (Å²) < 4.78 is 12.6. The number of nitrogens with one attached hydrogen (secondary N) is 1. The summed E-state index contributed by atoms with van der Waals surface area (Å²) in [6.07, 6.45) is 1.54. The minimum absolute atomic E-state index is 0.129. The Hall–Kier alpha value is -3.02. The Labute approximate surface area is 132 Å². The quantitative estimate of drug-likeness (QED) is 0.708. The first-order valence-corrected chi connectivity index (χ1v) is 7.24. The molecular weight excluding hydrogens is 296 g/mol. The van der Waals surface area contributed by atoms with Crippen LogP contribution in [0.2, 0.25) is 0 Å². The van der Waals surface area contributed by atoms with Gasteiger partial charge in [-0.3, -0.25) is 0 Å². The largest absolute Gasteiger partial charge is 0.489 e. The molecule has 6 heteroatoms. The molecule has 2 N–H and O–H groups in total. The molecule has 2 aromatic heterocycles. The molecule has 0 aliphatic rings. The number of aromatic nitrogens is 1. The van der Waals surface area contributed by atoms with Gasteiger partial charge >= 0.3 is 5.97 Å². The lowest BCUT2D eigenvalue weighted by molar-refractivity contribution is -0.658. The number of nitrogens with zero attached hydrogens (tertiary/aromatic N) is 1. The smallest absolute Gasteiger partial charge is 0.376 e. The predicted molar refractivity (Wildman–Crippen MR) is 85.2 cm³/mol. The molecule has 0 aliphatic heterocycles. The summed E-state index contributed by atoms with van der Waals surface area (Å²) in [6.45, 7) is 2.46. The molecule has 23 heavy (non-hydrogen) atoms. The zero-order chi connectivity index (χ0) is 16.4. The highest BCUT2D eigenvalue weighted by Gasteiger charge is 2.23. The second-order valence-electron chi connectivity index (χ2n) is 5.00. The van der Waals surface area contributed by atoms with Crippen LogP contribution in [-0.4, -0.2) is 17.7 Å². The number of aromatic carboxylic acids is 1. The van der Waals surface area contributed by atoms with Crippen molar-refractivity contribution in [1.82, 2.24) is 0 Å². The first-order chi connectivity index (χ1) is 11.1. The van der Waals surface area contributed by atoms with Crippen LogP contribution in [0.25, 0.3) is 11.0 Å². The summed E-state index contributed by atoms with van der Waals surface area (Å²) in [5.41, 5.74) is 1.40. The van der Waals surface area contributed by atoms with Gasteiger partial charge in [-0.25, -0.2) is 14.7 Å². The Kier molecular flexibility index (Phi) is 3.89. The fourth-order valence-electron chi connectivity index (χ4n) is 2.49. The number of fused-ring (bicyclic) bond motifs is 1. The maximum absolute atomic E-state index is 11.4. The van der Waals surface area contributed by atoms with Gasteiger partial charge in [0.15, 0.2) is 11.4 Å². The van der Waals surface area contributed by atoms with Crippen LogP contribution in [0.1, 0.15) is 17.4 Å². The molecule has 0 amide bonds. The van der Waals surface area contributed by atoms with Gasteiger partial charge in [0.05, 0.1) is 19.9 Å². The van der Waals surface area contributed by atoms with Crippen LogP contribution >= 0.6 is 0 Å². The molecule has 118 valence electrons. The van der Waals surface area contributed by atoms with E-state index < -0.39 is 5.97 Å². The van der Waals surface area contributed by atoms with Crippen molar-refractivity contribution in [2.75, 3.05) is 11.9 Å². The SMILES string of the molecule is CCOc1ccccc1Nc1c2ccoc2cc(C(=O)O)[n+]1C. The highest BCUT2D eigenvalue weighted by atomic mass is 16.5. The van der Waals surface area contributed by atoms with Crippen molar-refractivity contribution in [2.24, 2.45) is 7.05 Å². The number of anilines is 2. The van der Waals surface area contributed by atoms with Gasteiger partial charge in [0.25, 0.3) is 5.82 Å². The summed E-state index contributed by atoms with van der Waals surface area (Å²) in [7, 11) is 1.70. The number of para-hydroxylation sites is 2. The molecule has 6 nitrogen and oxygen atoms in total. The number of carboxylic acid groups (broad SMARTS) is 1. The van der Waals surface area contributed by atoms with Crippen molar-refractivity contribution < 1.29 is 23.6 Å². The summed E-state index contributed by atoms with van der Waals surface area (Å²) in [5.74, 6) is 0.306. The Morgan fingerprint density at radius 3 is 2.87 bits per heavy atom. The third-order valence-electron chi connectivity index (χ3n) is 3.57. The van der Waals surface area contributed by atoms with E-state index in [0.29, 0.717) is 23.8 Å². The first kappa shape index (κ1) is 14.9. The molecule has 3 rings (SSSR count). The summed E-state index contributed by atoms with van der Waals surface area (Å²) in [5, 5.41) is 13.4. The molecule has 0 saturated heterocycles. The van der Waals surface area contributed by atoms with Crippen LogP contribution in [-0.2, 0) is 7.05 Å². The highest BCUT2D eigenvalue weighted by Crippen LogP contribution is 2.30. The summed E-state index contributed by atoms with van der Waals surface area (Å²) in [4.78, 5) is 11.4. The van der Waals surface area contributed by atoms with Gasteiger partial charge in [0.1, 0.15) is 11.0 Å². The Bertz CT molecular complexity index is 870. The number of carbonyl (C=O) groups is 1. The van der Waals surface area contributed by atoms with Crippen molar-refractivity contribution in [3.05, 3.63) is 48.4 Å². The van der Waals surface area contributed by atoms with Gasteiger partial charge in [-0.15, -0.1) is 0 Å². The second-order valence-corrected chi connectivity index (χ2v) is 5.00. The molecule has 0 saturated carbocycles. The van der Waals surface area contributed by atoms with E-state index in [2.05, 4.69) is 5.32 Å². The van der Waals surface area contributed by atoms with E-state index >= 15 is 0 Å². The zero-order valence-electron chi connectivity index (χ0n) is 12.9. The normalized spacial score (nSPS) is 10.7. The minimum Gasteiger partial charge on any atom is -0.489 e. The summed E-state index contributed by atoms with van der Waals surface area (Å²) >= 11 is 0. The fraction of sp³-hybridized carbons (Fsp3) is 0.176. The summed E-state index contributed by atoms with van der Waals surface area (Å²) in [6, 6.07) is 10.8. The molecule has 0 radical (unpaired) electrons. The van der Waals surface area contributed by atoms with E-state index in [1.54, 1.807) is 17.7 Å². The molecule has 0 atom stereocenters. The van der Waals surface area contributed by atoms with Crippen molar-refractivity contribution in [3.63, 3.8) is 0 Å². The average Bonchev–Trinajstić information content (AvgIpc) is 2.99. The first-order valence-electron chi connectivity index (χ1n) is 7.24. The molecular formula is C17H17N2O4+. The van der Waals surface area contributed by atoms with E-state index in [4.69, 9.17) is 9.15 Å². The third-order valence-corrected chi connectivity index (χ3v) is 3.57. The molecule has 0 fully saturated rings.